The van der Waals surface area contributed by atoms with Gasteiger partial charge in [-0.25, -0.2) is 4.99 Å². The fraction of sp³-hybridized carbons (Fsp3) is 0.111. The fourth-order valence-corrected chi connectivity index (χ4v) is 2.33. The number of carbonyl (C=O) groups is 1. The van der Waals surface area contributed by atoms with Gasteiger partial charge in [0, 0.05) is 11.5 Å². The Labute approximate surface area is 132 Å². The maximum absolute atomic E-state index is 11.7. The van der Waals surface area contributed by atoms with Crippen LogP contribution in [0.3, 0.4) is 0 Å². The first kappa shape index (κ1) is 14.8. The third-order valence-corrected chi connectivity index (χ3v) is 3.55. The Morgan fingerprint density at radius 2 is 2.04 bits per heavy atom. The number of nitrogens with zero attached hydrogens (tertiary/aromatic N) is 1. The second kappa shape index (κ2) is 5.96. The van der Waals surface area contributed by atoms with Crippen molar-refractivity contribution in [2.45, 2.75) is 13.3 Å². The Kier molecular flexibility index (Phi) is 3.85. The van der Waals surface area contributed by atoms with Gasteiger partial charge in [0.1, 0.15) is 16.9 Å². The summed E-state index contributed by atoms with van der Waals surface area (Å²) in [5.41, 5.74) is 8.00. The Morgan fingerprint density at radius 1 is 1.22 bits per heavy atom. The third kappa shape index (κ3) is 3.08. The number of phenolic OH excluding ortho intramolecular Hbond substituents is 1. The summed E-state index contributed by atoms with van der Waals surface area (Å²) in [5, 5.41) is 10.2. The van der Waals surface area contributed by atoms with E-state index in [0.717, 1.165) is 12.0 Å². The molecule has 1 aromatic heterocycles. The van der Waals surface area contributed by atoms with Crippen LogP contribution >= 0.6 is 0 Å². The summed E-state index contributed by atoms with van der Waals surface area (Å²) in [6.45, 7) is 2.05. The quantitative estimate of drug-likeness (QED) is 0.779. The van der Waals surface area contributed by atoms with Crippen molar-refractivity contribution >= 4 is 22.6 Å². The maximum atomic E-state index is 11.7. The molecule has 5 nitrogen and oxygen atoms in total. The Bertz CT molecular complexity index is 958. The lowest BCUT2D eigenvalue weighted by atomic mass is 10.1. The molecule has 0 aliphatic rings. The van der Waals surface area contributed by atoms with Crippen LogP contribution in [0.25, 0.3) is 11.0 Å². The molecule has 0 bridgehead atoms. The highest BCUT2D eigenvalue weighted by atomic mass is 16.3. The number of primary amides is 1. The highest BCUT2D eigenvalue weighted by Gasteiger charge is 2.10. The monoisotopic (exact) mass is 308 g/mol. The minimum absolute atomic E-state index is 0.0759. The molecule has 23 heavy (non-hydrogen) atoms. The molecule has 0 atom stereocenters. The van der Waals surface area contributed by atoms with Crippen molar-refractivity contribution in [2.24, 2.45) is 10.7 Å². The van der Waals surface area contributed by atoms with Crippen LogP contribution in [-0.4, -0.2) is 11.0 Å². The minimum atomic E-state index is -0.617. The Hall–Kier alpha value is -3.08. The van der Waals surface area contributed by atoms with Crippen LogP contribution in [0.2, 0.25) is 0 Å². The minimum Gasteiger partial charge on any atom is -0.508 e. The molecule has 0 unspecified atom stereocenters. The van der Waals surface area contributed by atoms with Crippen LogP contribution in [0, 0.1) is 0 Å². The van der Waals surface area contributed by atoms with E-state index in [1.54, 1.807) is 12.1 Å². The second-order valence-electron chi connectivity index (χ2n) is 5.19. The van der Waals surface area contributed by atoms with Gasteiger partial charge in [0.2, 0.25) is 5.55 Å². The molecule has 0 aliphatic heterocycles. The molecule has 1 heterocycles. The molecule has 2 aromatic carbocycles. The van der Waals surface area contributed by atoms with Gasteiger partial charge in [-0.15, -0.1) is 0 Å². The number of aromatic hydroxyl groups is 1. The lowest BCUT2D eigenvalue weighted by Gasteiger charge is -2.03. The molecule has 0 saturated carbocycles. The molecule has 0 radical (unpaired) electrons. The third-order valence-electron chi connectivity index (χ3n) is 3.55. The van der Waals surface area contributed by atoms with E-state index in [9.17, 15) is 9.90 Å². The summed E-state index contributed by atoms with van der Waals surface area (Å²) >= 11 is 0. The van der Waals surface area contributed by atoms with Crippen LogP contribution in [-0.2, 0) is 6.42 Å². The van der Waals surface area contributed by atoms with Crippen LogP contribution in [0.4, 0.5) is 5.69 Å². The number of nitrogens with two attached hydrogens (primary N) is 1. The zero-order valence-corrected chi connectivity index (χ0v) is 12.6. The van der Waals surface area contributed by atoms with E-state index >= 15 is 0 Å². The van der Waals surface area contributed by atoms with Crippen LogP contribution < -0.4 is 11.3 Å². The topological polar surface area (TPSA) is 88.8 Å². The number of aryl methyl sites for hydroxylation is 1. The predicted octanol–water partition coefficient (Wildman–Crippen LogP) is 3.03. The molecule has 0 fully saturated rings. The van der Waals surface area contributed by atoms with Gasteiger partial charge in [-0.1, -0.05) is 19.1 Å². The highest BCUT2D eigenvalue weighted by molar-refractivity contribution is 5.95. The van der Waals surface area contributed by atoms with Crippen molar-refractivity contribution in [3.8, 4) is 5.75 Å². The molecule has 3 aromatic rings. The van der Waals surface area contributed by atoms with E-state index < -0.39 is 5.91 Å². The normalized spacial score (nSPS) is 11.8. The van der Waals surface area contributed by atoms with Gasteiger partial charge in [-0.3, -0.25) is 4.79 Å². The van der Waals surface area contributed by atoms with E-state index in [-0.39, 0.29) is 16.9 Å². The number of hydrogen-bond donors (Lipinski definition) is 2. The first-order chi connectivity index (χ1) is 11.1. The summed E-state index contributed by atoms with van der Waals surface area (Å²) in [7, 11) is 0. The first-order valence-electron chi connectivity index (χ1n) is 7.27. The molecular formula is C18H16N2O3. The molecule has 0 spiro atoms. The number of phenols is 1. The number of fused-ring (bicyclic) bond motifs is 1. The van der Waals surface area contributed by atoms with E-state index in [2.05, 4.69) is 11.9 Å². The number of carbonyl (C=O) groups excluding carboxylic acids is 1. The largest absolute Gasteiger partial charge is 0.508 e. The van der Waals surface area contributed by atoms with Crippen molar-refractivity contribution in [1.82, 2.24) is 0 Å². The van der Waals surface area contributed by atoms with Crippen molar-refractivity contribution in [3.63, 3.8) is 0 Å². The molecule has 0 saturated heterocycles. The van der Waals surface area contributed by atoms with Crippen LogP contribution in [0.5, 0.6) is 5.75 Å². The van der Waals surface area contributed by atoms with Gasteiger partial charge < -0.3 is 15.3 Å². The molecule has 5 heteroatoms. The Morgan fingerprint density at radius 3 is 2.78 bits per heavy atom. The van der Waals surface area contributed by atoms with Crippen LogP contribution in [0.15, 0.2) is 57.9 Å². The standard InChI is InChI=1S/C18H16N2O3/c1-2-11-4-3-5-13(8-11)20-18-15(17(19)22)9-12-6-7-14(21)10-16(12)23-18/h3-10,21H,2H2,1H3,(H2,19,22). The van der Waals surface area contributed by atoms with Gasteiger partial charge in [0.15, 0.2) is 0 Å². The fourth-order valence-electron chi connectivity index (χ4n) is 2.33. The number of benzene rings is 2. The van der Waals surface area contributed by atoms with Gasteiger partial charge in [-0.05, 0) is 42.3 Å². The van der Waals surface area contributed by atoms with Crippen molar-refractivity contribution in [3.05, 3.63) is 65.2 Å². The van der Waals surface area contributed by atoms with E-state index in [4.69, 9.17) is 10.2 Å². The zero-order chi connectivity index (χ0) is 16.4. The zero-order valence-electron chi connectivity index (χ0n) is 12.6. The number of hydrogen-bond acceptors (Lipinski definition) is 4. The maximum Gasteiger partial charge on any atom is 0.254 e. The van der Waals surface area contributed by atoms with Gasteiger partial charge >= 0.3 is 0 Å². The van der Waals surface area contributed by atoms with E-state index in [1.807, 2.05) is 24.3 Å². The molecular weight excluding hydrogens is 292 g/mol. The Balaban J connectivity index is 2.26. The van der Waals surface area contributed by atoms with E-state index in [0.29, 0.717) is 16.7 Å². The molecule has 116 valence electrons. The summed E-state index contributed by atoms with van der Waals surface area (Å²) in [4.78, 5) is 16.1. The lowest BCUT2D eigenvalue weighted by Crippen LogP contribution is -2.21. The van der Waals surface area contributed by atoms with E-state index in [1.165, 1.54) is 12.1 Å². The number of rotatable bonds is 3. The van der Waals surface area contributed by atoms with Gasteiger partial charge in [-0.2, -0.15) is 0 Å². The molecule has 1 amide bonds. The molecule has 3 rings (SSSR count). The summed E-state index contributed by atoms with van der Waals surface area (Å²) < 4.78 is 5.69. The summed E-state index contributed by atoms with van der Waals surface area (Å²) in [6.07, 6.45) is 0.884. The SMILES string of the molecule is CCc1cccc(N=c2oc3cc(O)ccc3cc2C(N)=O)c1. The lowest BCUT2D eigenvalue weighted by molar-refractivity contribution is 0.0996. The average Bonchev–Trinajstić information content (AvgIpc) is 2.54. The average molecular weight is 308 g/mol. The highest BCUT2D eigenvalue weighted by Crippen LogP contribution is 2.20. The van der Waals surface area contributed by atoms with Crippen molar-refractivity contribution in [2.75, 3.05) is 0 Å². The first-order valence-corrected chi connectivity index (χ1v) is 7.27. The van der Waals surface area contributed by atoms with Gasteiger partial charge in [0.25, 0.3) is 5.91 Å². The molecule has 3 N–H and O–H groups in total. The van der Waals surface area contributed by atoms with Crippen LogP contribution in [0.1, 0.15) is 22.8 Å². The summed E-state index contributed by atoms with van der Waals surface area (Å²) in [6, 6.07) is 13.9. The van der Waals surface area contributed by atoms with Crippen molar-refractivity contribution < 1.29 is 14.3 Å². The predicted molar refractivity (Wildman–Crippen MR) is 87.4 cm³/mol. The second-order valence-corrected chi connectivity index (χ2v) is 5.19. The molecule has 0 aliphatic carbocycles. The number of amides is 1. The van der Waals surface area contributed by atoms with Crippen molar-refractivity contribution in [1.29, 1.82) is 0 Å². The summed E-state index contributed by atoms with van der Waals surface area (Å²) in [5.74, 6) is -0.541. The van der Waals surface area contributed by atoms with Gasteiger partial charge in [0.05, 0.1) is 5.69 Å². The smallest absolute Gasteiger partial charge is 0.254 e.